The van der Waals surface area contributed by atoms with Gasteiger partial charge < -0.3 is 10.4 Å². The molecule has 0 spiro atoms. The average Bonchev–Trinajstić information content (AvgIpc) is 2.67. The molecule has 0 saturated heterocycles. The van der Waals surface area contributed by atoms with E-state index in [1.165, 1.54) is 5.56 Å². The summed E-state index contributed by atoms with van der Waals surface area (Å²) >= 11 is 1.67. The standard InChI is InChI=1S/C12H19NO2S/c1-9(7-11-5-6-16-8-11)13-12(15)4-3-10(2)14/h5-6,8-10,14H,3-4,7H2,1-2H3,(H,13,15). The number of hydrogen-bond acceptors (Lipinski definition) is 3. The van der Waals surface area contributed by atoms with E-state index in [2.05, 4.69) is 16.8 Å². The monoisotopic (exact) mass is 241 g/mol. The molecule has 90 valence electrons. The summed E-state index contributed by atoms with van der Waals surface area (Å²) in [4.78, 5) is 11.5. The highest BCUT2D eigenvalue weighted by Crippen LogP contribution is 2.08. The fourth-order valence-corrected chi connectivity index (χ4v) is 2.18. The lowest BCUT2D eigenvalue weighted by Gasteiger charge is -2.13. The van der Waals surface area contributed by atoms with E-state index in [1.54, 1.807) is 18.3 Å². The van der Waals surface area contributed by atoms with Crippen LogP contribution in [0.15, 0.2) is 16.8 Å². The number of thiophene rings is 1. The van der Waals surface area contributed by atoms with Gasteiger partial charge >= 0.3 is 0 Å². The number of hydrogen-bond donors (Lipinski definition) is 2. The summed E-state index contributed by atoms with van der Waals surface area (Å²) in [6.07, 6.45) is 1.38. The first kappa shape index (κ1) is 13.2. The Bertz CT molecular complexity index is 309. The number of carbonyl (C=O) groups excluding carboxylic acids is 1. The summed E-state index contributed by atoms with van der Waals surface area (Å²) < 4.78 is 0. The van der Waals surface area contributed by atoms with Gasteiger partial charge in [0.15, 0.2) is 0 Å². The van der Waals surface area contributed by atoms with Crippen LogP contribution in [-0.4, -0.2) is 23.2 Å². The van der Waals surface area contributed by atoms with Gasteiger partial charge in [0.2, 0.25) is 5.91 Å². The van der Waals surface area contributed by atoms with Crippen LogP contribution in [0.3, 0.4) is 0 Å². The van der Waals surface area contributed by atoms with E-state index in [9.17, 15) is 4.79 Å². The minimum atomic E-state index is -0.405. The van der Waals surface area contributed by atoms with Gasteiger partial charge in [-0.1, -0.05) is 0 Å². The predicted molar refractivity (Wildman–Crippen MR) is 66.5 cm³/mol. The lowest BCUT2D eigenvalue weighted by molar-refractivity contribution is -0.122. The average molecular weight is 241 g/mol. The van der Waals surface area contributed by atoms with Crippen LogP contribution in [0.25, 0.3) is 0 Å². The van der Waals surface area contributed by atoms with Crippen molar-refractivity contribution < 1.29 is 9.90 Å². The first-order chi connectivity index (χ1) is 7.58. The molecule has 4 heteroatoms. The zero-order valence-electron chi connectivity index (χ0n) is 9.77. The maximum absolute atomic E-state index is 11.5. The van der Waals surface area contributed by atoms with Gasteiger partial charge in [-0.05, 0) is 49.1 Å². The van der Waals surface area contributed by atoms with Crippen molar-refractivity contribution in [2.45, 2.75) is 45.3 Å². The Kier molecular flexibility index (Phi) is 5.49. The van der Waals surface area contributed by atoms with Crippen molar-refractivity contribution in [2.24, 2.45) is 0 Å². The lowest BCUT2D eigenvalue weighted by Crippen LogP contribution is -2.34. The molecule has 1 amide bonds. The van der Waals surface area contributed by atoms with Gasteiger partial charge in [0.25, 0.3) is 0 Å². The van der Waals surface area contributed by atoms with Crippen molar-refractivity contribution in [2.75, 3.05) is 0 Å². The molecule has 1 heterocycles. The Balaban J connectivity index is 2.23. The summed E-state index contributed by atoms with van der Waals surface area (Å²) in [6, 6.07) is 2.22. The molecule has 0 radical (unpaired) electrons. The quantitative estimate of drug-likeness (QED) is 0.800. The Morgan fingerprint density at radius 2 is 2.31 bits per heavy atom. The molecule has 0 aromatic carbocycles. The van der Waals surface area contributed by atoms with Gasteiger partial charge in [0.1, 0.15) is 0 Å². The molecule has 16 heavy (non-hydrogen) atoms. The molecule has 0 aliphatic carbocycles. The molecule has 1 rings (SSSR count). The molecule has 0 bridgehead atoms. The van der Waals surface area contributed by atoms with Gasteiger partial charge in [0.05, 0.1) is 6.10 Å². The van der Waals surface area contributed by atoms with Crippen molar-refractivity contribution >= 4 is 17.2 Å². The lowest BCUT2D eigenvalue weighted by atomic mass is 10.1. The summed E-state index contributed by atoms with van der Waals surface area (Å²) in [7, 11) is 0. The molecule has 1 aromatic rings. The first-order valence-corrected chi connectivity index (χ1v) is 6.50. The number of rotatable bonds is 6. The number of amides is 1. The Morgan fingerprint density at radius 1 is 1.56 bits per heavy atom. The van der Waals surface area contributed by atoms with Gasteiger partial charge in [-0.2, -0.15) is 11.3 Å². The van der Waals surface area contributed by atoms with Crippen molar-refractivity contribution in [1.82, 2.24) is 5.32 Å². The molecule has 0 aliphatic heterocycles. The molecule has 2 N–H and O–H groups in total. The molecular weight excluding hydrogens is 222 g/mol. The summed E-state index contributed by atoms with van der Waals surface area (Å²) in [6.45, 7) is 3.69. The second kappa shape index (κ2) is 6.66. The van der Waals surface area contributed by atoms with Crippen LogP contribution in [0.2, 0.25) is 0 Å². The van der Waals surface area contributed by atoms with Crippen molar-refractivity contribution in [1.29, 1.82) is 0 Å². The molecule has 1 aromatic heterocycles. The van der Waals surface area contributed by atoms with E-state index in [-0.39, 0.29) is 11.9 Å². The normalized spacial score (nSPS) is 14.4. The highest BCUT2D eigenvalue weighted by molar-refractivity contribution is 7.07. The SMILES string of the molecule is CC(O)CCC(=O)NC(C)Cc1ccsc1. The van der Waals surface area contributed by atoms with Crippen molar-refractivity contribution in [3.05, 3.63) is 22.4 Å². The smallest absolute Gasteiger partial charge is 0.220 e. The Hall–Kier alpha value is -0.870. The molecule has 2 atom stereocenters. The van der Waals surface area contributed by atoms with Crippen molar-refractivity contribution in [3.63, 3.8) is 0 Å². The number of aliphatic hydroxyl groups is 1. The molecule has 3 nitrogen and oxygen atoms in total. The molecule has 2 unspecified atom stereocenters. The van der Waals surface area contributed by atoms with Crippen LogP contribution >= 0.6 is 11.3 Å². The molecule has 0 saturated carbocycles. The Labute approximate surface area is 100 Å². The van der Waals surface area contributed by atoms with Gasteiger partial charge in [-0.3, -0.25) is 4.79 Å². The molecular formula is C12H19NO2S. The zero-order valence-corrected chi connectivity index (χ0v) is 10.6. The fourth-order valence-electron chi connectivity index (χ4n) is 1.50. The zero-order chi connectivity index (χ0) is 12.0. The van der Waals surface area contributed by atoms with Crippen LogP contribution in [0.4, 0.5) is 0 Å². The minimum absolute atomic E-state index is 0.0172. The Morgan fingerprint density at radius 3 is 2.88 bits per heavy atom. The maximum Gasteiger partial charge on any atom is 0.220 e. The van der Waals surface area contributed by atoms with E-state index in [0.29, 0.717) is 12.8 Å². The van der Waals surface area contributed by atoms with E-state index >= 15 is 0 Å². The number of carbonyl (C=O) groups is 1. The van der Waals surface area contributed by atoms with Crippen molar-refractivity contribution in [3.8, 4) is 0 Å². The summed E-state index contributed by atoms with van der Waals surface area (Å²) in [5.41, 5.74) is 1.26. The highest BCUT2D eigenvalue weighted by Gasteiger charge is 2.09. The second-order valence-electron chi connectivity index (χ2n) is 4.19. The predicted octanol–water partition coefficient (Wildman–Crippen LogP) is 1.96. The number of aliphatic hydroxyl groups excluding tert-OH is 1. The maximum atomic E-state index is 11.5. The molecule has 0 fully saturated rings. The first-order valence-electron chi connectivity index (χ1n) is 5.56. The van der Waals surface area contributed by atoms with Crippen LogP contribution in [0.5, 0.6) is 0 Å². The number of nitrogens with one attached hydrogen (secondary N) is 1. The molecule has 0 aliphatic rings. The van der Waals surface area contributed by atoms with E-state index < -0.39 is 6.10 Å². The third kappa shape index (κ3) is 5.28. The highest BCUT2D eigenvalue weighted by atomic mass is 32.1. The van der Waals surface area contributed by atoms with Crippen LogP contribution in [0.1, 0.15) is 32.3 Å². The largest absolute Gasteiger partial charge is 0.393 e. The summed E-state index contributed by atoms with van der Waals surface area (Å²) in [5.74, 6) is 0.0172. The topological polar surface area (TPSA) is 49.3 Å². The van der Waals surface area contributed by atoms with Gasteiger partial charge in [0, 0.05) is 12.5 Å². The minimum Gasteiger partial charge on any atom is -0.393 e. The van der Waals surface area contributed by atoms with Crippen LogP contribution in [0, 0.1) is 0 Å². The third-order valence-electron chi connectivity index (χ3n) is 2.32. The van der Waals surface area contributed by atoms with Crippen LogP contribution in [-0.2, 0) is 11.2 Å². The fraction of sp³-hybridized carbons (Fsp3) is 0.583. The third-order valence-corrected chi connectivity index (χ3v) is 3.05. The van der Waals surface area contributed by atoms with E-state index in [1.807, 2.05) is 12.3 Å². The summed E-state index contributed by atoms with van der Waals surface area (Å²) in [5, 5.41) is 16.1. The second-order valence-corrected chi connectivity index (χ2v) is 4.97. The van der Waals surface area contributed by atoms with Crippen LogP contribution < -0.4 is 5.32 Å². The van der Waals surface area contributed by atoms with Gasteiger partial charge in [-0.25, -0.2) is 0 Å². The van der Waals surface area contributed by atoms with E-state index in [4.69, 9.17) is 5.11 Å². The van der Waals surface area contributed by atoms with Gasteiger partial charge in [-0.15, -0.1) is 0 Å². The van der Waals surface area contributed by atoms with E-state index in [0.717, 1.165) is 6.42 Å².